The second kappa shape index (κ2) is 11.8. The highest BCUT2D eigenvalue weighted by Crippen LogP contribution is 2.26. The molecule has 1 fully saturated rings. The van der Waals surface area contributed by atoms with E-state index in [9.17, 15) is 9.59 Å². The van der Waals surface area contributed by atoms with Crippen molar-refractivity contribution in [3.05, 3.63) is 65.2 Å². The van der Waals surface area contributed by atoms with Gasteiger partial charge in [0.05, 0.1) is 13.2 Å². The molecule has 1 aliphatic rings. The van der Waals surface area contributed by atoms with E-state index < -0.39 is 6.04 Å². The highest BCUT2D eigenvalue weighted by atomic mass is 16.5. The van der Waals surface area contributed by atoms with E-state index in [1.807, 2.05) is 51.1 Å². The molecule has 2 unspecified atom stereocenters. The van der Waals surface area contributed by atoms with Gasteiger partial charge in [-0.15, -0.1) is 0 Å². The fraction of sp³-hybridized carbons (Fsp3) is 0.481. The Morgan fingerprint density at radius 3 is 2.33 bits per heavy atom. The molecule has 0 spiro atoms. The minimum Gasteiger partial charge on any atom is -0.497 e. The molecule has 6 nitrogen and oxygen atoms in total. The lowest BCUT2D eigenvalue weighted by atomic mass is 10.00. The molecule has 2 N–H and O–H groups in total. The van der Waals surface area contributed by atoms with Gasteiger partial charge in [-0.3, -0.25) is 14.5 Å². The maximum absolute atomic E-state index is 13.2. The molecule has 0 radical (unpaired) electrons. The molecule has 6 heteroatoms. The number of rotatable bonds is 9. The molecule has 2 atom stereocenters. The number of hydrogen-bond donors (Lipinski definition) is 2. The predicted molar refractivity (Wildman–Crippen MR) is 131 cm³/mol. The van der Waals surface area contributed by atoms with Gasteiger partial charge in [-0.05, 0) is 68.6 Å². The highest BCUT2D eigenvalue weighted by molar-refractivity contribution is 5.97. The van der Waals surface area contributed by atoms with Gasteiger partial charge in [0.15, 0.2) is 0 Å². The molecule has 0 saturated carbocycles. The molecule has 1 heterocycles. The summed E-state index contributed by atoms with van der Waals surface area (Å²) in [6.45, 7) is 8.38. The number of amides is 2. The van der Waals surface area contributed by atoms with E-state index in [-0.39, 0.29) is 23.8 Å². The third-order valence-electron chi connectivity index (χ3n) is 6.32. The number of likely N-dealkylation sites (tertiary alicyclic amines) is 1. The molecule has 0 bridgehead atoms. The van der Waals surface area contributed by atoms with E-state index in [1.165, 1.54) is 19.3 Å². The smallest absolute Gasteiger partial charge is 0.251 e. The third kappa shape index (κ3) is 6.81. The number of benzene rings is 2. The highest BCUT2D eigenvalue weighted by Gasteiger charge is 2.27. The van der Waals surface area contributed by atoms with E-state index >= 15 is 0 Å². The molecular weight excluding hydrogens is 414 g/mol. The number of carbonyl (C=O) groups excluding carboxylic acids is 2. The lowest BCUT2D eigenvalue weighted by Crippen LogP contribution is -2.51. The fourth-order valence-electron chi connectivity index (χ4n) is 4.37. The van der Waals surface area contributed by atoms with E-state index in [2.05, 4.69) is 27.7 Å². The minimum atomic E-state index is -0.601. The van der Waals surface area contributed by atoms with Gasteiger partial charge >= 0.3 is 0 Å². The molecule has 0 aliphatic carbocycles. The van der Waals surface area contributed by atoms with Crippen LogP contribution in [0.4, 0.5) is 0 Å². The summed E-state index contributed by atoms with van der Waals surface area (Å²) in [5, 5.41) is 6.07. The number of methoxy groups -OCH3 is 1. The molecule has 0 aromatic heterocycles. The number of hydrogen-bond acceptors (Lipinski definition) is 4. The topological polar surface area (TPSA) is 70.7 Å². The van der Waals surface area contributed by atoms with Gasteiger partial charge in [0.25, 0.3) is 5.91 Å². The number of aryl methyl sites for hydroxylation is 1. The first-order chi connectivity index (χ1) is 15.9. The summed E-state index contributed by atoms with van der Waals surface area (Å²) in [4.78, 5) is 28.4. The second-order valence-electron chi connectivity index (χ2n) is 9.20. The first-order valence-electron chi connectivity index (χ1n) is 11.9. The summed E-state index contributed by atoms with van der Waals surface area (Å²) in [6, 6.07) is 15.0. The molecule has 2 aromatic rings. The zero-order valence-corrected chi connectivity index (χ0v) is 20.3. The average molecular weight is 452 g/mol. The zero-order valence-electron chi connectivity index (χ0n) is 20.3. The van der Waals surface area contributed by atoms with Crippen LogP contribution in [-0.2, 0) is 4.79 Å². The Morgan fingerprint density at radius 2 is 1.73 bits per heavy atom. The van der Waals surface area contributed by atoms with Crippen LogP contribution in [0.3, 0.4) is 0 Å². The van der Waals surface area contributed by atoms with E-state index in [0.717, 1.165) is 30.0 Å². The van der Waals surface area contributed by atoms with E-state index in [1.54, 1.807) is 13.2 Å². The van der Waals surface area contributed by atoms with Crippen molar-refractivity contribution in [3.8, 4) is 5.75 Å². The Kier molecular flexibility index (Phi) is 8.89. The summed E-state index contributed by atoms with van der Waals surface area (Å²) >= 11 is 0. The van der Waals surface area contributed by atoms with Gasteiger partial charge in [0.1, 0.15) is 11.8 Å². The average Bonchev–Trinajstić information content (AvgIpc) is 2.83. The number of piperidine rings is 1. The van der Waals surface area contributed by atoms with Crippen LogP contribution in [0.5, 0.6) is 5.75 Å². The molecule has 1 aliphatic heterocycles. The van der Waals surface area contributed by atoms with Crippen LogP contribution in [0.1, 0.15) is 60.6 Å². The van der Waals surface area contributed by atoms with Crippen molar-refractivity contribution in [2.75, 3.05) is 26.7 Å². The fourth-order valence-corrected chi connectivity index (χ4v) is 4.37. The van der Waals surface area contributed by atoms with Gasteiger partial charge in [-0.1, -0.05) is 50.1 Å². The van der Waals surface area contributed by atoms with Crippen LogP contribution in [0.2, 0.25) is 0 Å². The molecule has 2 amide bonds. The Bertz CT molecular complexity index is 920. The number of ether oxygens (including phenoxy) is 1. The first-order valence-corrected chi connectivity index (χ1v) is 11.9. The maximum Gasteiger partial charge on any atom is 0.251 e. The van der Waals surface area contributed by atoms with Crippen LogP contribution in [0.25, 0.3) is 0 Å². The molecule has 33 heavy (non-hydrogen) atoms. The largest absolute Gasteiger partial charge is 0.497 e. The van der Waals surface area contributed by atoms with Crippen molar-refractivity contribution >= 4 is 11.8 Å². The number of nitrogens with one attached hydrogen (secondary N) is 2. The zero-order chi connectivity index (χ0) is 23.8. The van der Waals surface area contributed by atoms with Crippen LogP contribution >= 0.6 is 0 Å². The van der Waals surface area contributed by atoms with E-state index in [0.29, 0.717) is 12.1 Å². The Hall–Kier alpha value is -2.86. The Balaban J connectivity index is 1.70. The van der Waals surface area contributed by atoms with Gasteiger partial charge in [0, 0.05) is 12.1 Å². The van der Waals surface area contributed by atoms with Crippen LogP contribution in [0.15, 0.2) is 48.5 Å². The lowest BCUT2D eigenvalue weighted by Gasteiger charge is -2.35. The molecule has 178 valence electrons. The van der Waals surface area contributed by atoms with Crippen molar-refractivity contribution in [2.24, 2.45) is 5.92 Å². The Morgan fingerprint density at radius 1 is 1.03 bits per heavy atom. The van der Waals surface area contributed by atoms with Crippen LogP contribution in [-0.4, -0.2) is 49.5 Å². The van der Waals surface area contributed by atoms with Crippen molar-refractivity contribution in [3.63, 3.8) is 0 Å². The van der Waals surface area contributed by atoms with Crippen LogP contribution in [0, 0.1) is 12.8 Å². The standard InChI is InChI=1S/C27H37N3O3/c1-19(2)25(29-26(31)22-10-8-9-20(3)17-22)27(32)28-18-24(30-15-6-5-7-16-30)21-11-13-23(33-4)14-12-21/h8-14,17,19,24-25H,5-7,15-16,18H2,1-4H3,(H,28,32)(H,29,31). The first kappa shape index (κ1) is 24.8. The van der Waals surface area contributed by atoms with Crippen molar-refractivity contribution < 1.29 is 14.3 Å². The third-order valence-corrected chi connectivity index (χ3v) is 6.32. The summed E-state index contributed by atoms with van der Waals surface area (Å²) in [6.07, 6.45) is 3.59. The molecule has 1 saturated heterocycles. The molecule has 3 rings (SSSR count). The van der Waals surface area contributed by atoms with Crippen molar-refractivity contribution in [2.45, 2.75) is 52.1 Å². The Labute approximate surface area is 197 Å². The van der Waals surface area contributed by atoms with Crippen molar-refractivity contribution in [1.82, 2.24) is 15.5 Å². The predicted octanol–water partition coefficient (Wildman–Crippen LogP) is 4.10. The van der Waals surface area contributed by atoms with Crippen molar-refractivity contribution in [1.29, 1.82) is 0 Å². The SMILES string of the molecule is COc1ccc(C(CNC(=O)C(NC(=O)c2cccc(C)c2)C(C)C)N2CCCCC2)cc1. The van der Waals surface area contributed by atoms with E-state index in [4.69, 9.17) is 4.74 Å². The lowest BCUT2D eigenvalue weighted by molar-refractivity contribution is -0.124. The summed E-state index contributed by atoms with van der Waals surface area (Å²) < 4.78 is 5.31. The minimum absolute atomic E-state index is 0.0341. The number of nitrogens with zero attached hydrogens (tertiary/aromatic N) is 1. The summed E-state index contributed by atoms with van der Waals surface area (Å²) in [5.41, 5.74) is 2.73. The summed E-state index contributed by atoms with van der Waals surface area (Å²) in [7, 11) is 1.66. The van der Waals surface area contributed by atoms with Gasteiger partial charge < -0.3 is 15.4 Å². The monoisotopic (exact) mass is 451 g/mol. The maximum atomic E-state index is 13.2. The second-order valence-corrected chi connectivity index (χ2v) is 9.20. The van der Waals surface area contributed by atoms with Gasteiger partial charge in [-0.2, -0.15) is 0 Å². The van der Waals surface area contributed by atoms with Gasteiger partial charge in [0.2, 0.25) is 5.91 Å². The molecule has 2 aromatic carbocycles. The quantitative estimate of drug-likeness (QED) is 0.602. The molecular formula is C27H37N3O3. The number of carbonyl (C=O) groups is 2. The van der Waals surface area contributed by atoms with Crippen LogP contribution < -0.4 is 15.4 Å². The normalized spacial score (nSPS) is 16.2. The summed E-state index contributed by atoms with van der Waals surface area (Å²) in [5.74, 6) is 0.406. The van der Waals surface area contributed by atoms with Gasteiger partial charge in [-0.25, -0.2) is 0 Å².